The fourth-order valence-corrected chi connectivity index (χ4v) is 5.85. The van der Waals surface area contributed by atoms with Crippen LogP contribution in [0.15, 0.2) is 30.5 Å². The summed E-state index contributed by atoms with van der Waals surface area (Å²) in [7, 11) is 1.90. The van der Waals surface area contributed by atoms with E-state index >= 15 is 4.39 Å². The Bertz CT molecular complexity index is 1540. The number of benzene rings is 1. The largest absolute Gasteiger partial charge is 0.341 e. The highest BCUT2D eigenvalue weighted by Crippen LogP contribution is 2.41. The maximum Gasteiger partial charge on any atom is 0.254 e. The monoisotopic (exact) mass is 499 g/mol. The zero-order chi connectivity index (χ0) is 26.0. The highest BCUT2D eigenvalue weighted by molar-refractivity contribution is 6.05. The van der Waals surface area contributed by atoms with Crippen LogP contribution in [-0.2, 0) is 33.1 Å². The van der Waals surface area contributed by atoms with Gasteiger partial charge in [-0.15, -0.1) is 0 Å². The van der Waals surface area contributed by atoms with Gasteiger partial charge in [0, 0.05) is 59.2 Å². The first kappa shape index (κ1) is 23.9. The molecule has 1 amide bonds. The Labute approximate surface area is 217 Å². The lowest BCUT2D eigenvalue weighted by Crippen LogP contribution is -2.26. The minimum Gasteiger partial charge on any atom is -0.341 e. The molecular weight excluding hydrogens is 465 g/mol. The molecule has 6 rings (SSSR count). The van der Waals surface area contributed by atoms with Crippen molar-refractivity contribution in [2.75, 3.05) is 0 Å². The lowest BCUT2D eigenvalue weighted by Gasteiger charge is -2.19. The number of carbonyl (C=O) groups excluding carboxylic acids is 1. The summed E-state index contributed by atoms with van der Waals surface area (Å²) in [6.07, 6.45) is 4.95. The van der Waals surface area contributed by atoms with Crippen LogP contribution in [0.3, 0.4) is 0 Å². The van der Waals surface area contributed by atoms with Gasteiger partial charge >= 0.3 is 0 Å². The molecule has 37 heavy (non-hydrogen) atoms. The Kier molecular flexibility index (Phi) is 5.70. The number of amides is 1. The molecule has 4 aromatic rings. The van der Waals surface area contributed by atoms with Gasteiger partial charge in [0.2, 0.25) is 0 Å². The van der Waals surface area contributed by atoms with E-state index in [2.05, 4.69) is 22.7 Å². The number of halogens is 1. The fourth-order valence-electron chi connectivity index (χ4n) is 5.85. The second-order valence-electron chi connectivity index (χ2n) is 11.0. The molecule has 0 N–H and O–H groups in total. The summed E-state index contributed by atoms with van der Waals surface area (Å²) in [6, 6.07) is 7.85. The molecule has 1 aromatic carbocycles. The average Bonchev–Trinajstić information content (AvgIpc) is 3.38. The third-order valence-corrected chi connectivity index (χ3v) is 7.94. The third-order valence-electron chi connectivity index (χ3n) is 7.94. The van der Waals surface area contributed by atoms with E-state index in [1.54, 1.807) is 6.07 Å². The van der Waals surface area contributed by atoms with Gasteiger partial charge in [-0.2, -0.15) is 5.10 Å². The molecule has 0 spiro atoms. The van der Waals surface area contributed by atoms with Crippen molar-refractivity contribution in [2.24, 2.45) is 13.0 Å². The van der Waals surface area contributed by atoms with Gasteiger partial charge in [0.1, 0.15) is 0 Å². The predicted molar refractivity (Wildman–Crippen MR) is 143 cm³/mol. The van der Waals surface area contributed by atoms with E-state index in [4.69, 9.17) is 4.98 Å². The molecule has 7 heteroatoms. The van der Waals surface area contributed by atoms with Crippen molar-refractivity contribution < 1.29 is 9.18 Å². The van der Waals surface area contributed by atoms with E-state index in [1.807, 2.05) is 55.7 Å². The van der Waals surface area contributed by atoms with Crippen LogP contribution in [0.25, 0.3) is 22.0 Å². The Morgan fingerprint density at radius 3 is 2.62 bits per heavy atom. The molecule has 4 heterocycles. The van der Waals surface area contributed by atoms with E-state index in [9.17, 15) is 4.79 Å². The molecule has 0 bridgehead atoms. The Morgan fingerprint density at radius 1 is 1.16 bits per heavy atom. The van der Waals surface area contributed by atoms with Crippen LogP contribution in [-0.4, -0.2) is 30.1 Å². The minimum absolute atomic E-state index is 0.0283. The number of hydrogen-bond donors (Lipinski definition) is 0. The van der Waals surface area contributed by atoms with Crippen molar-refractivity contribution in [1.29, 1.82) is 0 Å². The molecule has 1 saturated carbocycles. The van der Waals surface area contributed by atoms with Crippen LogP contribution < -0.4 is 0 Å². The van der Waals surface area contributed by atoms with Gasteiger partial charge in [-0.1, -0.05) is 26.8 Å². The number of hydrogen-bond acceptors (Lipinski definition) is 3. The van der Waals surface area contributed by atoms with Gasteiger partial charge in [0.25, 0.3) is 5.91 Å². The highest BCUT2D eigenvalue weighted by atomic mass is 19.1. The molecule has 1 aliphatic carbocycles. The van der Waals surface area contributed by atoms with Gasteiger partial charge < -0.3 is 9.47 Å². The lowest BCUT2D eigenvalue weighted by molar-refractivity contribution is 0.0748. The number of aryl methyl sites for hydroxylation is 3. The normalized spacial score (nSPS) is 15.3. The van der Waals surface area contributed by atoms with Crippen molar-refractivity contribution in [3.05, 3.63) is 70.2 Å². The molecule has 2 aliphatic rings. The van der Waals surface area contributed by atoms with E-state index in [0.29, 0.717) is 30.0 Å². The van der Waals surface area contributed by atoms with Crippen LogP contribution in [0.1, 0.15) is 78.2 Å². The van der Waals surface area contributed by atoms with Crippen LogP contribution in [0.2, 0.25) is 0 Å². The second-order valence-corrected chi connectivity index (χ2v) is 11.0. The second kappa shape index (κ2) is 8.82. The minimum atomic E-state index is -0.200. The van der Waals surface area contributed by atoms with Crippen molar-refractivity contribution >= 4 is 16.8 Å². The van der Waals surface area contributed by atoms with E-state index in [0.717, 1.165) is 57.9 Å². The van der Waals surface area contributed by atoms with Crippen molar-refractivity contribution in [3.63, 3.8) is 0 Å². The SMILES string of the molecule is CCc1nc(C)ccc1-c1cc(C(=O)N2Cc3cnn(C)c3C2)cc2c(F)c(C(C)C)n(CC3CC3)c12. The van der Waals surface area contributed by atoms with Crippen molar-refractivity contribution in [2.45, 2.75) is 72.5 Å². The maximum atomic E-state index is 16.2. The summed E-state index contributed by atoms with van der Waals surface area (Å²) in [5.41, 5.74) is 8.05. The van der Waals surface area contributed by atoms with Crippen LogP contribution >= 0.6 is 0 Å². The Morgan fingerprint density at radius 2 is 1.95 bits per heavy atom. The molecule has 192 valence electrons. The number of fused-ring (bicyclic) bond motifs is 2. The summed E-state index contributed by atoms with van der Waals surface area (Å²) in [5.74, 6) is 0.326. The highest BCUT2D eigenvalue weighted by Gasteiger charge is 2.32. The smallest absolute Gasteiger partial charge is 0.254 e. The first-order valence-electron chi connectivity index (χ1n) is 13.4. The Hall–Kier alpha value is -3.48. The standard InChI is InChI=1S/C30H34FN5O/c1-6-25-22(10-7-18(4)33-25)23-11-20(30(37)35-15-21-13-32-34(5)26(21)16-35)12-24-27(31)28(17(2)3)36(29(23)24)14-19-8-9-19/h7,10-13,17,19H,6,8-9,14-16H2,1-5H3. The first-order chi connectivity index (χ1) is 17.8. The number of rotatable bonds is 6. The number of nitrogens with zero attached hydrogens (tertiary/aromatic N) is 5. The summed E-state index contributed by atoms with van der Waals surface area (Å²) < 4.78 is 20.2. The molecule has 3 aromatic heterocycles. The van der Waals surface area contributed by atoms with E-state index in [-0.39, 0.29) is 17.6 Å². The summed E-state index contributed by atoms with van der Waals surface area (Å²) in [5, 5.41) is 4.85. The van der Waals surface area contributed by atoms with Gasteiger partial charge in [-0.3, -0.25) is 14.5 Å². The predicted octanol–water partition coefficient (Wildman–Crippen LogP) is 6.14. The van der Waals surface area contributed by atoms with E-state index < -0.39 is 0 Å². The Balaban J connectivity index is 1.57. The maximum absolute atomic E-state index is 16.2. The summed E-state index contributed by atoms with van der Waals surface area (Å²) >= 11 is 0. The summed E-state index contributed by atoms with van der Waals surface area (Å²) in [4.78, 5) is 20.5. The van der Waals surface area contributed by atoms with Crippen LogP contribution in [0, 0.1) is 18.7 Å². The number of carbonyl (C=O) groups is 1. The summed E-state index contributed by atoms with van der Waals surface area (Å²) in [6.45, 7) is 10.0. The lowest BCUT2D eigenvalue weighted by atomic mass is 9.96. The molecule has 0 radical (unpaired) electrons. The third kappa shape index (κ3) is 3.95. The topological polar surface area (TPSA) is 56.0 Å². The first-order valence-corrected chi connectivity index (χ1v) is 13.4. The number of aromatic nitrogens is 4. The van der Waals surface area contributed by atoms with Gasteiger partial charge in [0.15, 0.2) is 5.82 Å². The molecule has 0 unspecified atom stereocenters. The molecule has 1 fully saturated rings. The van der Waals surface area contributed by atoms with Gasteiger partial charge in [0.05, 0.1) is 29.6 Å². The van der Waals surface area contributed by atoms with Gasteiger partial charge in [-0.25, -0.2) is 4.39 Å². The quantitative estimate of drug-likeness (QED) is 0.320. The van der Waals surface area contributed by atoms with E-state index in [1.165, 1.54) is 12.8 Å². The molecule has 1 aliphatic heterocycles. The molecule has 6 nitrogen and oxygen atoms in total. The van der Waals surface area contributed by atoms with Crippen LogP contribution in [0.5, 0.6) is 0 Å². The average molecular weight is 500 g/mol. The van der Waals surface area contributed by atoms with Crippen molar-refractivity contribution in [1.82, 2.24) is 24.2 Å². The number of pyridine rings is 1. The molecule has 0 atom stereocenters. The van der Waals surface area contributed by atoms with Gasteiger partial charge in [-0.05, 0) is 56.2 Å². The van der Waals surface area contributed by atoms with Crippen molar-refractivity contribution in [3.8, 4) is 11.1 Å². The zero-order valence-corrected chi connectivity index (χ0v) is 22.3. The molecule has 0 saturated heterocycles. The molecular formula is C30H34FN5O. The fraction of sp³-hybridized carbons (Fsp3) is 0.433. The zero-order valence-electron chi connectivity index (χ0n) is 22.3. The van der Waals surface area contributed by atoms with Crippen LogP contribution in [0.4, 0.5) is 4.39 Å².